The molecule has 0 atom stereocenters. The van der Waals surface area contributed by atoms with E-state index in [0.29, 0.717) is 5.92 Å². The quantitative estimate of drug-likeness (QED) is 0.663. The van der Waals surface area contributed by atoms with Crippen LogP contribution in [0.25, 0.3) is 10.9 Å². The molecule has 13 heavy (non-hydrogen) atoms. The van der Waals surface area contributed by atoms with Gasteiger partial charge in [-0.2, -0.15) is 0 Å². The second kappa shape index (κ2) is 3.09. The third-order valence-electron chi connectivity index (χ3n) is 2.09. The van der Waals surface area contributed by atoms with Gasteiger partial charge in [0.25, 0.3) is 0 Å². The normalized spacial score (nSPS) is 11.0. The lowest BCUT2D eigenvalue weighted by atomic mass is 10.0. The number of fused-ring (bicyclic) bond motifs is 1. The fourth-order valence-electron chi connectivity index (χ4n) is 1.38. The summed E-state index contributed by atoms with van der Waals surface area (Å²) in [7, 11) is 0. The molecule has 2 rings (SSSR count). The SMILES string of the molecule is CC(C)c1cncc2ncncc12. The van der Waals surface area contributed by atoms with Crippen LogP contribution in [-0.2, 0) is 0 Å². The van der Waals surface area contributed by atoms with Crippen LogP contribution < -0.4 is 0 Å². The van der Waals surface area contributed by atoms with E-state index in [1.807, 2.05) is 12.4 Å². The minimum atomic E-state index is 0.460. The number of aromatic nitrogens is 3. The minimum absolute atomic E-state index is 0.460. The van der Waals surface area contributed by atoms with Crippen molar-refractivity contribution in [1.82, 2.24) is 15.0 Å². The summed E-state index contributed by atoms with van der Waals surface area (Å²) in [4.78, 5) is 12.3. The van der Waals surface area contributed by atoms with Gasteiger partial charge in [-0.1, -0.05) is 13.8 Å². The van der Waals surface area contributed by atoms with E-state index in [9.17, 15) is 0 Å². The van der Waals surface area contributed by atoms with Gasteiger partial charge in [0.15, 0.2) is 0 Å². The van der Waals surface area contributed by atoms with Crippen LogP contribution in [0.2, 0.25) is 0 Å². The van der Waals surface area contributed by atoms with Gasteiger partial charge in [0.1, 0.15) is 6.33 Å². The Kier molecular flexibility index (Phi) is 1.93. The summed E-state index contributed by atoms with van der Waals surface area (Å²) in [6.07, 6.45) is 7.05. The average Bonchev–Trinajstić information content (AvgIpc) is 2.17. The van der Waals surface area contributed by atoms with Crippen LogP contribution in [0.15, 0.2) is 24.9 Å². The molecular weight excluding hydrogens is 162 g/mol. The highest BCUT2D eigenvalue weighted by Crippen LogP contribution is 2.21. The van der Waals surface area contributed by atoms with Gasteiger partial charge in [-0.25, -0.2) is 9.97 Å². The predicted molar refractivity (Wildman–Crippen MR) is 51.4 cm³/mol. The summed E-state index contributed by atoms with van der Waals surface area (Å²) in [5.74, 6) is 0.460. The molecule has 0 fully saturated rings. The molecule has 0 saturated carbocycles. The maximum Gasteiger partial charge on any atom is 0.116 e. The van der Waals surface area contributed by atoms with Crippen LogP contribution in [0.4, 0.5) is 0 Å². The molecule has 0 aromatic carbocycles. The van der Waals surface area contributed by atoms with Gasteiger partial charge in [-0.3, -0.25) is 4.98 Å². The highest BCUT2D eigenvalue weighted by molar-refractivity contribution is 5.80. The zero-order chi connectivity index (χ0) is 9.26. The molecule has 66 valence electrons. The maximum atomic E-state index is 4.15. The van der Waals surface area contributed by atoms with Crippen molar-refractivity contribution in [3.05, 3.63) is 30.5 Å². The van der Waals surface area contributed by atoms with Crippen molar-refractivity contribution in [3.63, 3.8) is 0 Å². The van der Waals surface area contributed by atoms with E-state index < -0.39 is 0 Å². The first-order chi connectivity index (χ1) is 6.29. The Labute approximate surface area is 76.9 Å². The Balaban J connectivity index is 2.76. The molecular formula is C10H11N3. The molecule has 2 heterocycles. The van der Waals surface area contributed by atoms with Crippen molar-refractivity contribution < 1.29 is 0 Å². The smallest absolute Gasteiger partial charge is 0.116 e. The first-order valence-electron chi connectivity index (χ1n) is 4.32. The molecule has 0 saturated heterocycles. The van der Waals surface area contributed by atoms with Crippen LogP contribution in [0.1, 0.15) is 25.3 Å². The van der Waals surface area contributed by atoms with Crippen LogP contribution >= 0.6 is 0 Å². The lowest BCUT2D eigenvalue weighted by molar-refractivity contribution is 0.867. The minimum Gasteiger partial charge on any atom is -0.262 e. The fourth-order valence-corrected chi connectivity index (χ4v) is 1.38. The van der Waals surface area contributed by atoms with E-state index in [2.05, 4.69) is 28.8 Å². The molecule has 0 bridgehead atoms. The molecule has 3 nitrogen and oxygen atoms in total. The molecule has 0 N–H and O–H groups in total. The van der Waals surface area contributed by atoms with Gasteiger partial charge in [0.05, 0.1) is 11.7 Å². The Morgan fingerprint density at radius 3 is 2.69 bits per heavy atom. The summed E-state index contributed by atoms with van der Waals surface area (Å²) in [5, 5.41) is 1.10. The van der Waals surface area contributed by atoms with Gasteiger partial charge < -0.3 is 0 Å². The topological polar surface area (TPSA) is 38.7 Å². The van der Waals surface area contributed by atoms with Crippen molar-refractivity contribution in [1.29, 1.82) is 0 Å². The molecule has 0 unspecified atom stereocenters. The summed E-state index contributed by atoms with van der Waals surface area (Å²) in [6.45, 7) is 4.28. The number of hydrogen-bond acceptors (Lipinski definition) is 3. The predicted octanol–water partition coefficient (Wildman–Crippen LogP) is 2.15. The van der Waals surface area contributed by atoms with E-state index in [1.165, 1.54) is 5.56 Å². The third-order valence-corrected chi connectivity index (χ3v) is 2.09. The van der Waals surface area contributed by atoms with Gasteiger partial charge >= 0.3 is 0 Å². The van der Waals surface area contributed by atoms with Gasteiger partial charge in [0, 0.05) is 17.8 Å². The zero-order valence-corrected chi connectivity index (χ0v) is 7.73. The lowest BCUT2D eigenvalue weighted by Gasteiger charge is -2.06. The van der Waals surface area contributed by atoms with Crippen LogP contribution in [0, 0.1) is 0 Å². The van der Waals surface area contributed by atoms with E-state index in [-0.39, 0.29) is 0 Å². The summed E-state index contributed by atoms with van der Waals surface area (Å²) >= 11 is 0. The highest BCUT2D eigenvalue weighted by atomic mass is 14.8. The molecule has 3 heteroatoms. The second-order valence-electron chi connectivity index (χ2n) is 3.34. The van der Waals surface area contributed by atoms with E-state index in [1.54, 1.807) is 12.5 Å². The van der Waals surface area contributed by atoms with Crippen molar-refractivity contribution in [2.45, 2.75) is 19.8 Å². The van der Waals surface area contributed by atoms with Crippen molar-refractivity contribution in [2.75, 3.05) is 0 Å². The third kappa shape index (κ3) is 1.37. The Hall–Kier alpha value is -1.51. The molecule has 0 aliphatic carbocycles. The standard InChI is InChI=1S/C10H11N3/c1-7(2)8-3-11-5-10-9(8)4-12-6-13-10/h3-7H,1-2H3. The van der Waals surface area contributed by atoms with Gasteiger partial charge in [-0.15, -0.1) is 0 Å². The van der Waals surface area contributed by atoms with Crippen molar-refractivity contribution >= 4 is 10.9 Å². The number of pyridine rings is 1. The number of rotatable bonds is 1. The second-order valence-corrected chi connectivity index (χ2v) is 3.34. The van der Waals surface area contributed by atoms with E-state index in [4.69, 9.17) is 0 Å². The molecule has 2 aromatic rings. The Bertz CT molecular complexity index is 418. The highest BCUT2D eigenvalue weighted by Gasteiger charge is 2.05. The van der Waals surface area contributed by atoms with Gasteiger partial charge in [-0.05, 0) is 11.5 Å². The lowest BCUT2D eigenvalue weighted by Crippen LogP contribution is -1.92. The molecule has 0 radical (unpaired) electrons. The van der Waals surface area contributed by atoms with Crippen LogP contribution in [0.5, 0.6) is 0 Å². The van der Waals surface area contributed by atoms with Crippen LogP contribution in [0.3, 0.4) is 0 Å². The zero-order valence-electron chi connectivity index (χ0n) is 7.73. The van der Waals surface area contributed by atoms with Crippen molar-refractivity contribution in [2.24, 2.45) is 0 Å². The van der Waals surface area contributed by atoms with E-state index in [0.717, 1.165) is 10.9 Å². The molecule has 0 amide bonds. The van der Waals surface area contributed by atoms with E-state index >= 15 is 0 Å². The van der Waals surface area contributed by atoms with Crippen LogP contribution in [-0.4, -0.2) is 15.0 Å². The number of hydrogen-bond donors (Lipinski definition) is 0. The van der Waals surface area contributed by atoms with Crippen molar-refractivity contribution in [3.8, 4) is 0 Å². The largest absolute Gasteiger partial charge is 0.262 e. The Morgan fingerprint density at radius 1 is 1.08 bits per heavy atom. The summed E-state index contributed by atoms with van der Waals surface area (Å²) in [5.41, 5.74) is 2.12. The molecule has 2 aromatic heterocycles. The molecule has 0 aliphatic heterocycles. The molecule has 0 spiro atoms. The Morgan fingerprint density at radius 2 is 1.92 bits per heavy atom. The monoisotopic (exact) mass is 173 g/mol. The fraction of sp³-hybridized carbons (Fsp3) is 0.300. The first kappa shape index (κ1) is 8.10. The average molecular weight is 173 g/mol. The van der Waals surface area contributed by atoms with Gasteiger partial charge in [0.2, 0.25) is 0 Å². The first-order valence-corrected chi connectivity index (χ1v) is 4.32. The maximum absolute atomic E-state index is 4.15. The number of nitrogens with zero attached hydrogens (tertiary/aromatic N) is 3. The summed E-state index contributed by atoms with van der Waals surface area (Å²) in [6, 6.07) is 0. The molecule has 0 aliphatic rings. The summed E-state index contributed by atoms with van der Waals surface area (Å²) < 4.78 is 0.